The maximum atomic E-state index is 12.6. The van der Waals surface area contributed by atoms with Gasteiger partial charge in [0.15, 0.2) is 0 Å². The minimum Gasteiger partial charge on any atom is -0.390 e. The van der Waals surface area contributed by atoms with Gasteiger partial charge < -0.3 is 20.1 Å². The van der Waals surface area contributed by atoms with Crippen LogP contribution in [0.4, 0.5) is 4.79 Å². The zero-order valence-electron chi connectivity index (χ0n) is 19.1. The van der Waals surface area contributed by atoms with Crippen molar-refractivity contribution >= 4 is 39.3 Å². The standard InChI is InChI=1S/C21H34Cl2N4O5S/c1-16(2)25-21(29)27(15-18(28)14-26-9-11-32-12-10-26)8-4-3-7-24-33(30,31)20-6-5-17(22)13-19(20)23/h5-6,13,16,18,24,28H,3-4,7-12,14-15H2,1-2H3,(H,25,29)/t18-/m0/s1. The van der Waals surface area contributed by atoms with Crippen LogP contribution >= 0.6 is 23.2 Å². The van der Waals surface area contributed by atoms with E-state index in [2.05, 4.69) is 14.9 Å². The molecule has 0 aliphatic carbocycles. The molecule has 1 aliphatic heterocycles. The molecular weight excluding hydrogens is 491 g/mol. The molecule has 1 aliphatic rings. The van der Waals surface area contributed by atoms with E-state index in [4.69, 9.17) is 27.9 Å². The third kappa shape index (κ3) is 9.94. The lowest BCUT2D eigenvalue weighted by Crippen LogP contribution is -2.49. The van der Waals surface area contributed by atoms with E-state index in [0.717, 1.165) is 13.1 Å². The summed E-state index contributed by atoms with van der Waals surface area (Å²) >= 11 is 11.8. The first-order valence-electron chi connectivity index (χ1n) is 11.1. The van der Waals surface area contributed by atoms with E-state index in [9.17, 15) is 18.3 Å². The highest BCUT2D eigenvalue weighted by molar-refractivity contribution is 7.89. The van der Waals surface area contributed by atoms with Crippen molar-refractivity contribution in [3.63, 3.8) is 0 Å². The predicted octanol–water partition coefficient (Wildman–Crippen LogP) is 2.17. The molecule has 188 valence electrons. The number of aliphatic hydroxyl groups is 1. The second kappa shape index (κ2) is 13.7. The largest absolute Gasteiger partial charge is 0.390 e. The quantitative estimate of drug-likeness (QED) is 0.361. The highest BCUT2D eigenvalue weighted by Gasteiger charge is 2.21. The minimum atomic E-state index is -3.77. The molecule has 2 amide bonds. The Morgan fingerprint density at radius 3 is 2.58 bits per heavy atom. The molecule has 0 aromatic heterocycles. The van der Waals surface area contributed by atoms with Crippen LogP contribution in [0, 0.1) is 0 Å². The number of β-amino-alcohol motifs (C(OH)–C–C–N with tert-alkyl or cyclic N) is 1. The Balaban J connectivity index is 1.84. The van der Waals surface area contributed by atoms with Gasteiger partial charge in [-0.15, -0.1) is 0 Å². The zero-order valence-corrected chi connectivity index (χ0v) is 21.4. The van der Waals surface area contributed by atoms with Gasteiger partial charge in [0, 0.05) is 50.3 Å². The van der Waals surface area contributed by atoms with Crippen molar-refractivity contribution in [1.82, 2.24) is 19.8 Å². The van der Waals surface area contributed by atoms with Crippen LogP contribution in [0.25, 0.3) is 0 Å². The van der Waals surface area contributed by atoms with Gasteiger partial charge in [0.05, 0.1) is 24.3 Å². The number of carbonyl (C=O) groups is 1. The van der Waals surface area contributed by atoms with Crippen molar-refractivity contribution in [3.8, 4) is 0 Å². The molecule has 0 unspecified atom stereocenters. The second-order valence-corrected chi connectivity index (χ2v) is 10.9. The van der Waals surface area contributed by atoms with Gasteiger partial charge in [-0.2, -0.15) is 0 Å². The van der Waals surface area contributed by atoms with Crippen molar-refractivity contribution in [2.45, 2.75) is 43.7 Å². The lowest BCUT2D eigenvalue weighted by atomic mass is 10.2. The van der Waals surface area contributed by atoms with E-state index in [-0.39, 0.29) is 35.1 Å². The smallest absolute Gasteiger partial charge is 0.317 e. The Labute approximate surface area is 206 Å². The molecule has 1 aromatic carbocycles. The Bertz CT molecular complexity index is 866. The second-order valence-electron chi connectivity index (χ2n) is 8.30. The van der Waals surface area contributed by atoms with E-state index in [0.29, 0.717) is 44.2 Å². The summed E-state index contributed by atoms with van der Waals surface area (Å²) in [5.41, 5.74) is 0. The van der Waals surface area contributed by atoms with Gasteiger partial charge in [0.2, 0.25) is 10.0 Å². The van der Waals surface area contributed by atoms with E-state index in [1.54, 1.807) is 4.90 Å². The van der Waals surface area contributed by atoms with Gasteiger partial charge in [0.1, 0.15) is 4.90 Å². The molecule has 9 nitrogen and oxygen atoms in total. The van der Waals surface area contributed by atoms with Crippen LogP contribution in [0.2, 0.25) is 10.0 Å². The molecule has 0 bridgehead atoms. The Morgan fingerprint density at radius 2 is 1.94 bits per heavy atom. The van der Waals surface area contributed by atoms with Crippen molar-refractivity contribution in [3.05, 3.63) is 28.2 Å². The van der Waals surface area contributed by atoms with Crippen LogP contribution < -0.4 is 10.0 Å². The summed E-state index contributed by atoms with van der Waals surface area (Å²) in [6, 6.07) is 3.92. The third-order valence-electron chi connectivity index (χ3n) is 5.03. The summed E-state index contributed by atoms with van der Waals surface area (Å²) in [4.78, 5) is 16.3. The zero-order chi connectivity index (χ0) is 24.4. The number of sulfonamides is 1. The van der Waals surface area contributed by atoms with Crippen molar-refractivity contribution in [1.29, 1.82) is 0 Å². The number of benzene rings is 1. The number of nitrogens with zero attached hydrogens (tertiary/aromatic N) is 2. The number of amides is 2. The van der Waals surface area contributed by atoms with Gasteiger partial charge in [-0.1, -0.05) is 23.2 Å². The van der Waals surface area contributed by atoms with Gasteiger partial charge in [-0.05, 0) is 44.9 Å². The van der Waals surface area contributed by atoms with Gasteiger partial charge >= 0.3 is 6.03 Å². The van der Waals surface area contributed by atoms with Crippen LogP contribution in [0.15, 0.2) is 23.1 Å². The fourth-order valence-electron chi connectivity index (χ4n) is 3.41. The molecule has 1 atom stereocenters. The summed E-state index contributed by atoms with van der Waals surface area (Å²) in [6.07, 6.45) is 0.383. The summed E-state index contributed by atoms with van der Waals surface area (Å²) in [5, 5.41) is 13.8. The Hall–Kier alpha value is -1.14. The molecule has 1 heterocycles. The number of aliphatic hydroxyl groups excluding tert-OH is 1. The van der Waals surface area contributed by atoms with Crippen molar-refractivity contribution in [2.75, 3.05) is 52.5 Å². The van der Waals surface area contributed by atoms with Crippen LogP contribution in [0.5, 0.6) is 0 Å². The SMILES string of the molecule is CC(C)NC(=O)N(CCCCNS(=O)(=O)c1ccc(Cl)cc1Cl)C[C@@H](O)CN1CCOCC1. The number of unbranched alkanes of at least 4 members (excludes halogenated alkanes) is 1. The molecule has 1 fully saturated rings. The first-order chi connectivity index (χ1) is 15.6. The number of rotatable bonds is 12. The van der Waals surface area contributed by atoms with Gasteiger partial charge in [0.25, 0.3) is 0 Å². The summed E-state index contributed by atoms with van der Waals surface area (Å²) in [7, 11) is -3.77. The molecule has 2 rings (SSSR count). The number of hydrogen-bond acceptors (Lipinski definition) is 6. The monoisotopic (exact) mass is 524 g/mol. The van der Waals surface area contributed by atoms with Crippen LogP contribution in [0.3, 0.4) is 0 Å². The third-order valence-corrected chi connectivity index (χ3v) is 7.21. The van der Waals surface area contributed by atoms with Crippen molar-refractivity contribution < 1.29 is 23.1 Å². The average Bonchev–Trinajstić information content (AvgIpc) is 2.72. The normalized spacial score (nSPS) is 16.1. The van der Waals surface area contributed by atoms with E-state index < -0.39 is 16.1 Å². The number of hydrogen-bond donors (Lipinski definition) is 3. The number of ether oxygens (including phenoxy) is 1. The van der Waals surface area contributed by atoms with Crippen LogP contribution in [0.1, 0.15) is 26.7 Å². The highest BCUT2D eigenvalue weighted by Crippen LogP contribution is 2.24. The van der Waals surface area contributed by atoms with E-state index >= 15 is 0 Å². The fraction of sp³-hybridized carbons (Fsp3) is 0.667. The summed E-state index contributed by atoms with van der Waals surface area (Å²) in [5.74, 6) is 0. The van der Waals surface area contributed by atoms with Crippen LogP contribution in [-0.4, -0.2) is 94.0 Å². The molecule has 3 N–H and O–H groups in total. The number of carbonyl (C=O) groups excluding carboxylic acids is 1. The van der Waals surface area contributed by atoms with E-state index in [1.165, 1.54) is 18.2 Å². The number of nitrogens with one attached hydrogen (secondary N) is 2. The van der Waals surface area contributed by atoms with E-state index in [1.807, 2.05) is 13.8 Å². The first-order valence-corrected chi connectivity index (χ1v) is 13.3. The highest BCUT2D eigenvalue weighted by atomic mass is 35.5. The molecule has 1 saturated heterocycles. The lowest BCUT2D eigenvalue weighted by Gasteiger charge is -2.31. The summed E-state index contributed by atoms with van der Waals surface area (Å²) in [6.45, 7) is 7.79. The lowest BCUT2D eigenvalue weighted by molar-refractivity contribution is 0.00932. The van der Waals surface area contributed by atoms with Crippen LogP contribution in [-0.2, 0) is 14.8 Å². The predicted molar refractivity (Wildman–Crippen MR) is 129 cm³/mol. The maximum absolute atomic E-state index is 12.6. The van der Waals surface area contributed by atoms with Crippen molar-refractivity contribution in [2.24, 2.45) is 0 Å². The van der Waals surface area contributed by atoms with Gasteiger partial charge in [-0.25, -0.2) is 17.9 Å². The molecule has 0 radical (unpaired) electrons. The molecule has 0 spiro atoms. The molecule has 1 aromatic rings. The molecule has 0 saturated carbocycles. The first kappa shape index (κ1) is 28.1. The minimum absolute atomic E-state index is 0.0299. The number of halogens is 2. The number of morpholine rings is 1. The maximum Gasteiger partial charge on any atom is 0.317 e. The Morgan fingerprint density at radius 1 is 1.24 bits per heavy atom. The fourth-order valence-corrected chi connectivity index (χ4v) is 5.26. The summed E-state index contributed by atoms with van der Waals surface area (Å²) < 4.78 is 32.8. The van der Waals surface area contributed by atoms with Gasteiger partial charge in [-0.3, -0.25) is 4.90 Å². The average molecular weight is 525 g/mol. The topological polar surface area (TPSA) is 111 Å². The molecule has 33 heavy (non-hydrogen) atoms. The number of urea groups is 1. The molecule has 12 heteroatoms. The Kier molecular flexibility index (Phi) is 11.6. The molecular formula is C21H34Cl2N4O5S.